The number of ether oxygens (including phenoxy) is 1. The number of piperidine rings is 1. The highest BCUT2D eigenvalue weighted by atomic mass is 16.5. The molecular weight excluding hydrogens is 314 g/mol. The van der Waals surface area contributed by atoms with Gasteiger partial charge in [0.05, 0.1) is 5.69 Å². The Balaban J connectivity index is 1.68. The molecule has 25 heavy (non-hydrogen) atoms. The Kier molecular flexibility index (Phi) is 4.03. The first-order valence-electron chi connectivity index (χ1n) is 8.81. The van der Waals surface area contributed by atoms with Crippen molar-refractivity contribution in [2.24, 2.45) is 11.0 Å². The van der Waals surface area contributed by atoms with Crippen LogP contribution in [0.2, 0.25) is 0 Å². The van der Waals surface area contributed by atoms with Crippen LogP contribution in [0.4, 0.5) is 11.8 Å². The lowest BCUT2D eigenvalue weighted by Gasteiger charge is -2.32. The Bertz CT molecular complexity index is 805. The van der Waals surface area contributed by atoms with Crippen LogP contribution >= 0.6 is 0 Å². The van der Waals surface area contributed by atoms with Crippen LogP contribution in [0.25, 0.3) is 0 Å². The molecule has 0 aliphatic carbocycles. The number of fused-ring (bicyclic) bond motifs is 1. The molecule has 6 heteroatoms. The number of rotatable bonds is 2. The van der Waals surface area contributed by atoms with E-state index < -0.39 is 0 Å². The lowest BCUT2D eigenvalue weighted by atomic mass is 10.0. The molecule has 2 aliphatic heterocycles. The molecule has 130 valence electrons. The number of nitrogens with zero attached hydrogens (tertiary/aromatic N) is 5. The molecule has 0 spiro atoms. The first-order valence-corrected chi connectivity index (χ1v) is 8.81. The minimum absolute atomic E-state index is 0.571. The Hall–Kier alpha value is -2.63. The summed E-state index contributed by atoms with van der Waals surface area (Å²) < 4.78 is 6.05. The lowest BCUT2D eigenvalue weighted by Crippen LogP contribution is -2.36. The number of aromatic nitrogens is 2. The number of benzene rings is 1. The molecule has 0 unspecified atom stereocenters. The summed E-state index contributed by atoms with van der Waals surface area (Å²) in [7, 11) is 1.90. The molecule has 1 saturated heterocycles. The van der Waals surface area contributed by atoms with Crippen molar-refractivity contribution in [2.75, 3.05) is 30.0 Å². The van der Waals surface area contributed by atoms with Gasteiger partial charge in [0.25, 0.3) is 0 Å². The molecular formula is C19H23N5O. The average Bonchev–Trinajstić information content (AvgIpc) is 2.63. The van der Waals surface area contributed by atoms with E-state index in [2.05, 4.69) is 16.9 Å². The average molecular weight is 337 g/mol. The molecule has 6 nitrogen and oxygen atoms in total. The molecule has 2 aromatic rings. The summed E-state index contributed by atoms with van der Waals surface area (Å²) in [5.41, 5.74) is 1.78. The predicted octanol–water partition coefficient (Wildman–Crippen LogP) is 3.21. The largest absolute Gasteiger partial charge is 0.431 e. The molecule has 0 saturated carbocycles. The van der Waals surface area contributed by atoms with Gasteiger partial charge in [0.15, 0.2) is 11.6 Å². The number of hydrazone groups is 1. The second kappa shape index (κ2) is 6.35. The van der Waals surface area contributed by atoms with Crippen molar-refractivity contribution in [3.8, 4) is 5.75 Å². The lowest BCUT2D eigenvalue weighted by molar-refractivity contribution is 0.440. The summed E-state index contributed by atoms with van der Waals surface area (Å²) in [4.78, 5) is 11.7. The predicted molar refractivity (Wildman–Crippen MR) is 99.4 cm³/mol. The standard InChI is InChI=1S/C19H23N5O/c1-13-8-7-11-24(12-13)19-20-14(2)16-17(21-19)23(3)22-18(25-16)15-9-5-4-6-10-15/h4-6,9-10,13H,7-8,11-12H2,1-3H3/t13-/m1/s1. The third-order valence-electron chi connectivity index (χ3n) is 4.71. The summed E-state index contributed by atoms with van der Waals surface area (Å²) >= 11 is 0. The van der Waals surface area contributed by atoms with Gasteiger partial charge in [-0.25, -0.2) is 9.99 Å². The number of aryl methyl sites for hydroxylation is 1. The van der Waals surface area contributed by atoms with Gasteiger partial charge in [-0.15, -0.1) is 5.10 Å². The minimum atomic E-state index is 0.571. The normalized spacial score (nSPS) is 20.0. The third kappa shape index (κ3) is 3.04. The molecule has 0 amide bonds. The van der Waals surface area contributed by atoms with Gasteiger partial charge < -0.3 is 9.64 Å². The smallest absolute Gasteiger partial charge is 0.244 e. The SMILES string of the molecule is Cc1nc(N2CCC[C@@H](C)C2)nc2c1OC(c1ccccc1)=NN2C. The van der Waals surface area contributed by atoms with Gasteiger partial charge in [-0.1, -0.05) is 25.1 Å². The van der Waals surface area contributed by atoms with Crippen LogP contribution in [0.15, 0.2) is 35.4 Å². The second-order valence-electron chi connectivity index (χ2n) is 6.85. The maximum atomic E-state index is 6.05. The van der Waals surface area contributed by atoms with Gasteiger partial charge in [0, 0.05) is 25.7 Å². The van der Waals surface area contributed by atoms with Crippen molar-refractivity contribution in [3.05, 3.63) is 41.6 Å². The van der Waals surface area contributed by atoms with Crippen molar-refractivity contribution in [3.63, 3.8) is 0 Å². The topological polar surface area (TPSA) is 53.9 Å². The first-order chi connectivity index (χ1) is 12.1. The highest BCUT2D eigenvalue weighted by Gasteiger charge is 2.27. The summed E-state index contributed by atoms with van der Waals surface area (Å²) in [6.07, 6.45) is 2.46. The maximum absolute atomic E-state index is 6.05. The van der Waals surface area contributed by atoms with E-state index >= 15 is 0 Å². The molecule has 3 heterocycles. The number of hydrogen-bond donors (Lipinski definition) is 0. The molecule has 0 radical (unpaired) electrons. The monoisotopic (exact) mass is 337 g/mol. The molecule has 1 atom stereocenters. The molecule has 2 aliphatic rings. The highest BCUT2D eigenvalue weighted by Crippen LogP contribution is 2.35. The summed E-state index contributed by atoms with van der Waals surface area (Å²) in [6, 6.07) is 9.89. The zero-order valence-corrected chi connectivity index (χ0v) is 14.9. The van der Waals surface area contributed by atoms with Crippen LogP contribution in [0, 0.1) is 12.8 Å². The fraction of sp³-hybridized carbons (Fsp3) is 0.421. The van der Waals surface area contributed by atoms with Crippen LogP contribution in [0.5, 0.6) is 5.75 Å². The van der Waals surface area contributed by atoms with Crippen LogP contribution in [-0.2, 0) is 0 Å². The van der Waals surface area contributed by atoms with Crippen LogP contribution in [0.3, 0.4) is 0 Å². The van der Waals surface area contributed by atoms with E-state index in [1.54, 1.807) is 5.01 Å². The zero-order valence-electron chi connectivity index (χ0n) is 14.9. The Morgan fingerprint density at radius 3 is 2.72 bits per heavy atom. The summed E-state index contributed by atoms with van der Waals surface area (Å²) in [5, 5.41) is 6.34. The fourth-order valence-corrected chi connectivity index (χ4v) is 3.38. The van der Waals surface area contributed by atoms with Gasteiger partial charge in [0.2, 0.25) is 11.8 Å². The van der Waals surface area contributed by atoms with Crippen molar-refractivity contribution in [2.45, 2.75) is 26.7 Å². The Morgan fingerprint density at radius 1 is 1.16 bits per heavy atom. The first kappa shape index (κ1) is 15.9. The molecule has 0 bridgehead atoms. The number of hydrogen-bond acceptors (Lipinski definition) is 6. The summed E-state index contributed by atoms with van der Waals surface area (Å²) in [5.74, 6) is 3.43. The Morgan fingerprint density at radius 2 is 1.96 bits per heavy atom. The fourth-order valence-electron chi connectivity index (χ4n) is 3.38. The van der Waals surface area contributed by atoms with E-state index in [4.69, 9.17) is 14.7 Å². The Labute approximate surface area is 148 Å². The minimum Gasteiger partial charge on any atom is -0.431 e. The highest BCUT2D eigenvalue weighted by molar-refractivity contribution is 5.98. The van der Waals surface area contributed by atoms with Crippen LogP contribution in [0.1, 0.15) is 31.0 Å². The van der Waals surface area contributed by atoms with E-state index in [-0.39, 0.29) is 0 Å². The molecule has 1 fully saturated rings. The maximum Gasteiger partial charge on any atom is 0.244 e. The molecule has 0 N–H and O–H groups in total. The van der Waals surface area contributed by atoms with Crippen LogP contribution in [-0.4, -0.2) is 36.0 Å². The molecule has 4 rings (SSSR count). The van der Waals surface area contributed by atoms with E-state index in [0.717, 1.165) is 36.1 Å². The van der Waals surface area contributed by atoms with Gasteiger partial charge in [-0.2, -0.15) is 4.98 Å². The van der Waals surface area contributed by atoms with Gasteiger partial charge >= 0.3 is 0 Å². The quantitative estimate of drug-likeness (QED) is 0.842. The summed E-state index contributed by atoms with van der Waals surface area (Å²) in [6.45, 7) is 6.26. The van der Waals surface area contributed by atoms with E-state index in [0.29, 0.717) is 17.6 Å². The number of anilines is 2. The van der Waals surface area contributed by atoms with E-state index in [1.165, 1.54) is 12.8 Å². The van der Waals surface area contributed by atoms with E-state index in [9.17, 15) is 0 Å². The van der Waals surface area contributed by atoms with Gasteiger partial charge in [-0.3, -0.25) is 0 Å². The van der Waals surface area contributed by atoms with Crippen LogP contribution < -0.4 is 14.6 Å². The third-order valence-corrected chi connectivity index (χ3v) is 4.71. The molecule has 1 aromatic carbocycles. The zero-order chi connectivity index (χ0) is 17.4. The van der Waals surface area contributed by atoms with Crippen molar-refractivity contribution in [1.82, 2.24) is 9.97 Å². The van der Waals surface area contributed by atoms with Gasteiger partial charge in [-0.05, 0) is 37.8 Å². The second-order valence-corrected chi connectivity index (χ2v) is 6.85. The van der Waals surface area contributed by atoms with Crippen molar-refractivity contribution < 1.29 is 4.74 Å². The van der Waals surface area contributed by atoms with Crippen molar-refractivity contribution >= 4 is 17.7 Å². The van der Waals surface area contributed by atoms with Gasteiger partial charge in [0.1, 0.15) is 0 Å². The van der Waals surface area contributed by atoms with Crippen molar-refractivity contribution in [1.29, 1.82) is 0 Å². The molecule has 1 aromatic heterocycles. The van der Waals surface area contributed by atoms with E-state index in [1.807, 2.05) is 44.3 Å².